The molecule has 0 aromatic heterocycles. The minimum absolute atomic E-state index is 0.0891. The number of phenolic OH excluding ortho intramolecular Hbond substituents is 2. The van der Waals surface area contributed by atoms with Crippen LogP contribution in [0.25, 0.3) is 0 Å². The van der Waals surface area contributed by atoms with Crippen molar-refractivity contribution in [1.29, 1.82) is 0 Å². The molecule has 2 aliphatic carbocycles. The van der Waals surface area contributed by atoms with Gasteiger partial charge in [-0.15, -0.1) is 0 Å². The third-order valence-electron chi connectivity index (χ3n) is 11.1. The van der Waals surface area contributed by atoms with Crippen molar-refractivity contribution in [2.75, 3.05) is 6.54 Å². The maximum absolute atomic E-state index is 14.1. The van der Waals surface area contributed by atoms with Gasteiger partial charge in [-0.2, -0.15) is 0 Å². The lowest BCUT2D eigenvalue weighted by Crippen LogP contribution is -2.54. The maximum atomic E-state index is 14.1. The Kier molecular flexibility index (Phi) is 8.99. The molecule has 44 heavy (non-hydrogen) atoms. The molecule has 9 nitrogen and oxygen atoms in total. The van der Waals surface area contributed by atoms with Crippen molar-refractivity contribution >= 4 is 17.8 Å². The number of hydrogen-bond acceptors (Lipinski definition) is 7. The number of phenols is 2. The van der Waals surface area contributed by atoms with Crippen molar-refractivity contribution in [2.45, 2.75) is 103 Å². The van der Waals surface area contributed by atoms with Crippen LogP contribution in [0.5, 0.6) is 11.5 Å². The summed E-state index contributed by atoms with van der Waals surface area (Å²) in [5, 5.41) is 32.9. The van der Waals surface area contributed by atoms with Crippen LogP contribution < -0.4 is 5.32 Å². The summed E-state index contributed by atoms with van der Waals surface area (Å²) in [6, 6.07) is 12.1. The predicted octanol–water partition coefficient (Wildman–Crippen LogP) is 4.43. The fraction of sp³-hybridized carbons (Fsp3) is 0.571. The van der Waals surface area contributed by atoms with Crippen LogP contribution in [0.1, 0.15) is 83.3 Å². The second-order valence-electron chi connectivity index (χ2n) is 13.9. The first-order chi connectivity index (χ1) is 20.8. The highest BCUT2D eigenvalue weighted by Crippen LogP contribution is 2.66. The Morgan fingerprint density at radius 1 is 1.05 bits per heavy atom. The summed E-state index contributed by atoms with van der Waals surface area (Å²) in [6.45, 7) is 9.12. The van der Waals surface area contributed by atoms with Crippen molar-refractivity contribution in [3.05, 3.63) is 59.7 Å². The molecule has 2 bridgehead atoms. The highest BCUT2D eigenvalue weighted by molar-refractivity contribution is 5.92. The number of likely N-dealkylation sites (tertiary alicyclic amines) is 1. The summed E-state index contributed by atoms with van der Waals surface area (Å²) in [6.07, 6.45) is 2.65. The number of nitrogens with one attached hydrogen (secondary N) is 1. The maximum Gasteiger partial charge on any atom is 0.329 e. The van der Waals surface area contributed by atoms with Crippen molar-refractivity contribution in [3.63, 3.8) is 0 Å². The van der Waals surface area contributed by atoms with Crippen LogP contribution in [0.3, 0.4) is 0 Å². The predicted molar refractivity (Wildman–Crippen MR) is 165 cm³/mol. The first kappa shape index (κ1) is 31.8. The van der Waals surface area contributed by atoms with E-state index in [1.54, 1.807) is 4.90 Å². The van der Waals surface area contributed by atoms with Crippen molar-refractivity contribution in [2.24, 2.45) is 16.7 Å². The average Bonchev–Trinajstić information content (AvgIpc) is 3.62. The van der Waals surface area contributed by atoms with Gasteiger partial charge < -0.3 is 30.3 Å². The van der Waals surface area contributed by atoms with E-state index in [0.717, 1.165) is 24.8 Å². The number of benzene rings is 2. The van der Waals surface area contributed by atoms with Gasteiger partial charge in [-0.25, -0.2) is 4.79 Å². The number of aromatic hydroxyl groups is 2. The summed E-state index contributed by atoms with van der Waals surface area (Å²) < 4.78 is 6.18. The van der Waals surface area contributed by atoms with Gasteiger partial charge in [-0.05, 0) is 79.0 Å². The standard InChI is InChI=1S/C35H46N2O7/c1-21(23-9-6-5-7-10-23)17-25(36-31(41)29(40)19-22-12-13-27(38)28(39)18-22)32(42)37-16-8-11-26(37)33(43)44-30-20-24-14-15-35(30,4)34(24,2)3/h5-7,9-10,12-13,18,21,24-26,29-30,38-40H,8,11,14-17,19-20H2,1-4H3,(H,36,41)/t21?,24?,25-,26-,29+,30+,35?/m0/s1. The lowest BCUT2D eigenvalue weighted by Gasteiger charge is -2.39. The van der Waals surface area contributed by atoms with E-state index in [0.29, 0.717) is 30.9 Å². The number of fused-ring (bicyclic) bond motifs is 2. The molecule has 1 saturated heterocycles. The van der Waals surface area contributed by atoms with Crippen LogP contribution in [0.15, 0.2) is 48.5 Å². The van der Waals surface area contributed by atoms with Crippen molar-refractivity contribution in [1.82, 2.24) is 10.2 Å². The molecule has 0 spiro atoms. The second kappa shape index (κ2) is 12.4. The first-order valence-electron chi connectivity index (χ1n) is 15.9. The van der Waals surface area contributed by atoms with E-state index in [1.165, 1.54) is 18.2 Å². The zero-order chi connectivity index (χ0) is 31.8. The van der Waals surface area contributed by atoms with Gasteiger partial charge in [0.05, 0.1) is 0 Å². The summed E-state index contributed by atoms with van der Waals surface area (Å²) >= 11 is 0. The van der Waals surface area contributed by atoms with Crippen molar-refractivity contribution < 1.29 is 34.4 Å². The number of aliphatic hydroxyl groups is 1. The van der Waals surface area contributed by atoms with E-state index in [-0.39, 0.29) is 59.1 Å². The van der Waals surface area contributed by atoms with Gasteiger partial charge in [0, 0.05) is 18.4 Å². The zero-order valence-corrected chi connectivity index (χ0v) is 26.2. The normalized spacial score (nSPS) is 27.5. The minimum Gasteiger partial charge on any atom is -0.504 e. The van der Waals surface area contributed by atoms with Crippen LogP contribution in [0.2, 0.25) is 0 Å². The van der Waals surface area contributed by atoms with E-state index in [9.17, 15) is 29.7 Å². The molecule has 238 valence electrons. The monoisotopic (exact) mass is 606 g/mol. The number of hydrogen-bond donors (Lipinski definition) is 4. The fourth-order valence-corrected chi connectivity index (χ4v) is 7.78. The molecule has 0 radical (unpaired) electrons. The summed E-state index contributed by atoms with van der Waals surface area (Å²) in [7, 11) is 0. The van der Waals surface area contributed by atoms with Crippen molar-refractivity contribution in [3.8, 4) is 11.5 Å². The Bertz CT molecular complexity index is 1380. The van der Waals surface area contributed by atoms with Gasteiger partial charge in [0.15, 0.2) is 11.5 Å². The SMILES string of the molecule is CC(C[C@H](NC(=O)[C@H](O)Cc1ccc(O)c(O)c1)C(=O)N1CCC[C@H]1C(=O)O[C@@H]1CC2CCC1(C)C2(C)C)c1ccccc1. The summed E-state index contributed by atoms with van der Waals surface area (Å²) in [4.78, 5) is 42.5. The van der Waals surface area contributed by atoms with E-state index < -0.39 is 24.1 Å². The Morgan fingerprint density at radius 3 is 2.41 bits per heavy atom. The average molecular weight is 607 g/mol. The topological polar surface area (TPSA) is 136 Å². The Morgan fingerprint density at radius 2 is 1.77 bits per heavy atom. The molecule has 1 heterocycles. The Hall–Kier alpha value is -3.59. The molecule has 5 rings (SSSR count). The number of ether oxygens (including phenoxy) is 1. The van der Waals surface area contributed by atoms with Gasteiger partial charge in [0.25, 0.3) is 0 Å². The number of carbonyl (C=O) groups excluding carboxylic acids is 3. The first-order valence-corrected chi connectivity index (χ1v) is 15.9. The molecule has 3 aliphatic rings. The van der Waals surface area contributed by atoms with Crippen LogP contribution in [-0.2, 0) is 25.5 Å². The van der Waals surface area contributed by atoms with Crippen LogP contribution in [0.4, 0.5) is 0 Å². The smallest absolute Gasteiger partial charge is 0.329 e. The Balaban J connectivity index is 1.30. The molecule has 9 heteroatoms. The third-order valence-corrected chi connectivity index (χ3v) is 11.1. The molecular weight excluding hydrogens is 560 g/mol. The molecule has 2 saturated carbocycles. The molecule has 7 atom stereocenters. The fourth-order valence-electron chi connectivity index (χ4n) is 7.78. The highest BCUT2D eigenvalue weighted by Gasteiger charge is 2.63. The zero-order valence-electron chi connectivity index (χ0n) is 26.2. The molecule has 3 fully saturated rings. The Labute approximate surface area is 259 Å². The number of carbonyl (C=O) groups is 3. The van der Waals surface area contributed by atoms with E-state index >= 15 is 0 Å². The van der Waals surface area contributed by atoms with Crippen LogP contribution in [0, 0.1) is 16.7 Å². The lowest BCUT2D eigenvalue weighted by atomic mass is 9.70. The molecule has 2 aromatic carbocycles. The number of rotatable bonds is 10. The van der Waals surface area contributed by atoms with Gasteiger partial charge in [0.1, 0.15) is 24.3 Å². The van der Waals surface area contributed by atoms with Gasteiger partial charge >= 0.3 is 5.97 Å². The molecular formula is C35H46N2O7. The quantitative estimate of drug-likeness (QED) is 0.232. The number of nitrogens with zero attached hydrogens (tertiary/aromatic N) is 1. The largest absolute Gasteiger partial charge is 0.504 e. The van der Waals surface area contributed by atoms with E-state index in [2.05, 4.69) is 26.1 Å². The molecule has 4 N–H and O–H groups in total. The van der Waals surface area contributed by atoms with Gasteiger partial charge in [0.2, 0.25) is 11.8 Å². The summed E-state index contributed by atoms with van der Waals surface area (Å²) in [5.41, 5.74) is 1.45. The number of esters is 1. The molecule has 2 amide bonds. The van der Waals surface area contributed by atoms with Gasteiger partial charge in [-0.3, -0.25) is 9.59 Å². The number of amides is 2. The summed E-state index contributed by atoms with van der Waals surface area (Å²) in [5.74, 6) is -1.71. The molecule has 2 aromatic rings. The third kappa shape index (κ3) is 6.03. The van der Waals surface area contributed by atoms with Crippen LogP contribution >= 0.6 is 0 Å². The van der Waals surface area contributed by atoms with E-state index in [1.807, 2.05) is 37.3 Å². The van der Waals surface area contributed by atoms with Crippen LogP contribution in [-0.4, -0.2) is 68.8 Å². The highest BCUT2D eigenvalue weighted by atomic mass is 16.5. The van der Waals surface area contributed by atoms with E-state index in [4.69, 9.17) is 4.74 Å². The number of aliphatic hydroxyl groups excluding tert-OH is 1. The second-order valence-corrected chi connectivity index (χ2v) is 13.9. The minimum atomic E-state index is -1.50. The lowest BCUT2D eigenvalue weighted by molar-refractivity contribution is -0.165. The van der Waals surface area contributed by atoms with Gasteiger partial charge in [-0.1, -0.05) is 64.1 Å². The molecule has 1 aliphatic heterocycles. The molecule has 3 unspecified atom stereocenters.